The van der Waals surface area contributed by atoms with Gasteiger partial charge in [0.1, 0.15) is 22.8 Å². The first-order chi connectivity index (χ1) is 23.8. The molecule has 1 saturated heterocycles. The summed E-state index contributed by atoms with van der Waals surface area (Å²) in [5.41, 5.74) is 8.92. The van der Waals surface area contributed by atoms with E-state index in [0.717, 1.165) is 64.9 Å². The molecule has 1 aliphatic heterocycles. The fourth-order valence-electron chi connectivity index (χ4n) is 8.09. The fraction of sp³-hybridized carbons (Fsp3) is 0.463. The minimum atomic E-state index is -0.793. The van der Waals surface area contributed by atoms with Crippen LogP contribution in [-0.2, 0) is 16.6 Å². The number of Topliss-reactive ketones (excluding diaryl/α,β-unsaturated/α-hetero) is 1. The van der Waals surface area contributed by atoms with Crippen molar-refractivity contribution in [2.75, 3.05) is 13.1 Å². The van der Waals surface area contributed by atoms with Crippen LogP contribution in [0.25, 0.3) is 44.8 Å². The van der Waals surface area contributed by atoms with Gasteiger partial charge in [-0.2, -0.15) is 5.10 Å². The van der Waals surface area contributed by atoms with Gasteiger partial charge in [-0.1, -0.05) is 35.9 Å². The number of fused-ring (bicyclic) bond motifs is 2. The van der Waals surface area contributed by atoms with E-state index < -0.39 is 11.7 Å². The highest BCUT2D eigenvalue weighted by Gasteiger charge is 2.34. The summed E-state index contributed by atoms with van der Waals surface area (Å²) < 4.78 is 15.0. The van der Waals surface area contributed by atoms with Crippen molar-refractivity contribution in [2.24, 2.45) is 13.0 Å². The molecule has 0 amide bonds. The van der Waals surface area contributed by atoms with Crippen molar-refractivity contribution < 1.29 is 13.9 Å². The quantitative estimate of drug-likeness (QED) is 0.150. The second-order valence-corrected chi connectivity index (χ2v) is 15.9. The van der Waals surface area contributed by atoms with Gasteiger partial charge in [0.25, 0.3) is 0 Å². The van der Waals surface area contributed by atoms with Gasteiger partial charge in [-0.25, -0.2) is 9.97 Å². The van der Waals surface area contributed by atoms with Crippen molar-refractivity contribution in [3.63, 3.8) is 0 Å². The van der Waals surface area contributed by atoms with Crippen molar-refractivity contribution >= 4 is 39.5 Å². The first-order valence-electron chi connectivity index (χ1n) is 17.9. The number of aryl methyl sites for hydroxylation is 2. The fourth-order valence-corrected chi connectivity index (χ4v) is 8.22. The average molecular weight is 694 g/mol. The minimum Gasteiger partial charge on any atom is -0.434 e. The monoisotopic (exact) mass is 693 g/mol. The Balaban J connectivity index is 1.26. The number of carbonyl (C=O) groups excluding carboxylic acids is 1. The molecule has 7 rings (SSSR count). The Bertz CT molecular complexity index is 2080. The van der Waals surface area contributed by atoms with E-state index in [9.17, 15) is 4.79 Å². The summed E-state index contributed by atoms with van der Waals surface area (Å²) in [5.74, 6) is 1.34. The molecular formula is C41H48ClN5O3. The Hall–Kier alpha value is -3.85. The first kappa shape index (κ1) is 34.6. The molecule has 3 atom stereocenters. The van der Waals surface area contributed by atoms with E-state index in [2.05, 4.69) is 24.5 Å². The predicted molar refractivity (Wildman–Crippen MR) is 200 cm³/mol. The number of halogens is 1. The summed E-state index contributed by atoms with van der Waals surface area (Å²) in [7, 11) is 1.99. The number of likely N-dealkylation sites (tertiary alicyclic amines) is 1. The summed E-state index contributed by atoms with van der Waals surface area (Å²) in [4.78, 5) is 26.0. The Labute approximate surface area is 299 Å². The van der Waals surface area contributed by atoms with Gasteiger partial charge in [-0.05, 0) is 134 Å². The number of benzene rings is 2. The Morgan fingerprint density at radius 3 is 2.40 bits per heavy atom. The third kappa shape index (κ3) is 6.65. The first-order valence-corrected chi connectivity index (χ1v) is 18.3. The molecule has 4 heterocycles. The number of ether oxygens (including phenoxy) is 1. The molecule has 3 aromatic heterocycles. The lowest BCUT2D eigenvalue weighted by molar-refractivity contribution is -0.138. The number of oxazole rings is 1. The molecule has 0 N–H and O–H groups in total. The number of piperidine rings is 1. The highest BCUT2D eigenvalue weighted by Crippen LogP contribution is 2.43. The molecule has 1 aliphatic carbocycles. The zero-order valence-corrected chi connectivity index (χ0v) is 31.1. The van der Waals surface area contributed by atoms with Crippen LogP contribution < -0.4 is 0 Å². The van der Waals surface area contributed by atoms with E-state index in [1.54, 1.807) is 6.92 Å². The summed E-state index contributed by atoms with van der Waals surface area (Å²) in [5, 5.41) is 5.64. The molecule has 2 aliphatic rings. The molecule has 2 fully saturated rings. The van der Waals surface area contributed by atoms with Gasteiger partial charge in [0.2, 0.25) is 5.89 Å². The molecule has 1 saturated carbocycles. The summed E-state index contributed by atoms with van der Waals surface area (Å²) in [6, 6.07) is 14.2. The summed E-state index contributed by atoms with van der Waals surface area (Å²) >= 11 is 6.31. The molecule has 0 radical (unpaired) electrons. The number of ketones is 1. The van der Waals surface area contributed by atoms with E-state index in [0.29, 0.717) is 45.6 Å². The number of rotatable bonds is 8. The van der Waals surface area contributed by atoms with Crippen molar-refractivity contribution in [1.29, 1.82) is 0 Å². The van der Waals surface area contributed by atoms with Crippen LogP contribution in [0.4, 0.5) is 0 Å². The van der Waals surface area contributed by atoms with Gasteiger partial charge in [-0.15, -0.1) is 0 Å². The van der Waals surface area contributed by atoms with Gasteiger partial charge >= 0.3 is 0 Å². The zero-order valence-electron chi connectivity index (χ0n) is 30.3. The predicted octanol–water partition coefficient (Wildman–Crippen LogP) is 9.77. The highest BCUT2D eigenvalue weighted by molar-refractivity contribution is 6.30. The topological polar surface area (TPSA) is 86.3 Å². The molecular weight excluding hydrogens is 646 g/mol. The van der Waals surface area contributed by atoms with Crippen molar-refractivity contribution in [1.82, 2.24) is 24.6 Å². The van der Waals surface area contributed by atoms with E-state index in [-0.39, 0.29) is 5.78 Å². The lowest BCUT2D eigenvalue weighted by atomic mass is 9.89. The van der Waals surface area contributed by atoms with Gasteiger partial charge in [0, 0.05) is 35.2 Å². The molecule has 50 heavy (non-hydrogen) atoms. The number of carbonyl (C=O) groups is 1. The lowest BCUT2D eigenvalue weighted by Gasteiger charge is -2.35. The van der Waals surface area contributed by atoms with Crippen LogP contribution in [0.1, 0.15) is 95.6 Å². The maximum atomic E-state index is 13.2. The molecule has 0 bridgehead atoms. The number of aromatic nitrogens is 4. The van der Waals surface area contributed by atoms with Crippen LogP contribution in [0.3, 0.4) is 0 Å². The number of nitrogens with zero attached hydrogens (tertiary/aromatic N) is 5. The largest absolute Gasteiger partial charge is 0.434 e. The molecule has 262 valence electrons. The van der Waals surface area contributed by atoms with E-state index in [4.69, 9.17) is 35.8 Å². The second-order valence-electron chi connectivity index (χ2n) is 15.5. The average Bonchev–Trinajstić information content (AvgIpc) is 3.81. The van der Waals surface area contributed by atoms with Crippen LogP contribution in [0, 0.1) is 12.8 Å². The van der Waals surface area contributed by atoms with Crippen LogP contribution in [-0.4, -0.2) is 55.2 Å². The molecule has 8 nitrogen and oxygen atoms in total. The standard InChI is InChI=1S/C41H48ClN5O3/c1-23(2)28-11-14-30(22-28)47-19-17-27(18-20-47)36-37-33(46(8)45-36)16-15-31(43-37)40-44-32-21-24(3)34(38(25(4)48)50-41(5,6)7)35(39(32)49-40)26-9-12-29(42)13-10-26/h9-10,12-13,15-16,21,27-28,30,38H,1,11,14,17-20,22H2,2-8H3. The number of hydrogen-bond donors (Lipinski definition) is 0. The van der Waals surface area contributed by atoms with E-state index >= 15 is 0 Å². The maximum Gasteiger partial charge on any atom is 0.246 e. The van der Waals surface area contributed by atoms with Crippen LogP contribution >= 0.6 is 11.6 Å². The molecule has 2 aromatic carbocycles. The summed E-state index contributed by atoms with van der Waals surface area (Å²) in [6.45, 7) is 18.0. The normalized spacial score (nSPS) is 19.8. The van der Waals surface area contributed by atoms with Gasteiger partial charge in [0.05, 0.1) is 16.8 Å². The van der Waals surface area contributed by atoms with Crippen LogP contribution in [0.5, 0.6) is 0 Å². The second kappa shape index (κ2) is 13.4. The van der Waals surface area contributed by atoms with Crippen molar-refractivity contribution in [3.8, 4) is 22.7 Å². The van der Waals surface area contributed by atoms with E-state index in [1.165, 1.54) is 24.8 Å². The third-order valence-corrected chi connectivity index (χ3v) is 10.9. The number of allylic oxidation sites excluding steroid dienone is 1. The zero-order chi connectivity index (χ0) is 35.5. The smallest absolute Gasteiger partial charge is 0.246 e. The van der Waals surface area contributed by atoms with Gasteiger partial charge < -0.3 is 14.1 Å². The van der Waals surface area contributed by atoms with Crippen LogP contribution in [0.15, 0.2) is 59.0 Å². The Morgan fingerprint density at radius 2 is 1.76 bits per heavy atom. The molecule has 3 unspecified atom stereocenters. The Kier molecular flexibility index (Phi) is 9.25. The third-order valence-electron chi connectivity index (χ3n) is 10.6. The minimum absolute atomic E-state index is 0.0846. The maximum absolute atomic E-state index is 13.2. The SMILES string of the molecule is C=C(C)C1CCC(N2CCC(c3nn(C)c4ccc(-c5nc6cc(C)c(C(OC(C)(C)C)C(C)=O)c(-c7ccc(Cl)cc7)c6o5)nc34)CC2)C1. The van der Waals surface area contributed by atoms with E-state index in [1.807, 2.05) is 75.8 Å². The number of pyridine rings is 1. The highest BCUT2D eigenvalue weighted by atomic mass is 35.5. The van der Waals surface area contributed by atoms with Crippen LogP contribution in [0.2, 0.25) is 5.02 Å². The number of hydrogen-bond acceptors (Lipinski definition) is 7. The molecule has 0 spiro atoms. The summed E-state index contributed by atoms with van der Waals surface area (Å²) in [6.07, 6.45) is 5.10. The van der Waals surface area contributed by atoms with Crippen molar-refractivity contribution in [3.05, 3.63) is 76.5 Å². The van der Waals surface area contributed by atoms with Gasteiger partial charge in [-0.3, -0.25) is 9.48 Å². The molecule has 9 heteroatoms. The van der Waals surface area contributed by atoms with Crippen molar-refractivity contribution in [2.45, 2.75) is 97.3 Å². The lowest BCUT2D eigenvalue weighted by Crippen LogP contribution is -2.39. The molecule has 5 aromatic rings. The Morgan fingerprint density at radius 1 is 1.04 bits per heavy atom. The van der Waals surface area contributed by atoms with Gasteiger partial charge in [0.15, 0.2) is 11.4 Å².